The summed E-state index contributed by atoms with van der Waals surface area (Å²) in [5.41, 5.74) is 11.9. The van der Waals surface area contributed by atoms with Crippen molar-refractivity contribution in [3.05, 3.63) is 88.0 Å². The molecular weight excluding hydrogens is 607 g/mol. The van der Waals surface area contributed by atoms with Gasteiger partial charge in [0, 0.05) is 0 Å². The molecule has 0 nitrogen and oxygen atoms in total. The van der Waals surface area contributed by atoms with E-state index in [1.165, 1.54) is 76.6 Å². The molecule has 0 unspecified atom stereocenters. The van der Waals surface area contributed by atoms with Crippen LogP contribution in [0.25, 0.3) is 11.1 Å². The third kappa shape index (κ3) is 10.1. The van der Waals surface area contributed by atoms with Crippen LogP contribution in [0.15, 0.2) is 48.5 Å². The molecule has 0 saturated heterocycles. The van der Waals surface area contributed by atoms with Gasteiger partial charge in [-0.2, -0.15) is 41.0 Å². The summed E-state index contributed by atoms with van der Waals surface area (Å²) < 4.78 is 1.80. The van der Waals surface area contributed by atoms with Crippen LogP contribution in [0, 0.1) is 13.0 Å². The van der Waals surface area contributed by atoms with E-state index >= 15 is 0 Å². The second kappa shape index (κ2) is 15.0. The Kier molecular flexibility index (Phi) is 14.0. The van der Waals surface area contributed by atoms with Gasteiger partial charge in [0.1, 0.15) is 0 Å². The molecule has 218 valence electrons. The molecule has 2 aliphatic rings. The summed E-state index contributed by atoms with van der Waals surface area (Å²) in [4.78, 5) is 0. The maximum absolute atomic E-state index is 3.53. The number of benzene rings is 2. The number of halogens is 2. The van der Waals surface area contributed by atoms with Gasteiger partial charge in [-0.3, -0.25) is 0 Å². The first-order valence-electron chi connectivity index (χ1n) is 14.6. The Morgan fingerprint density at radius 2 is 1.32 bits per heavy atom. The Balaban J connectivity index is 0.000000351. The Labute approximate surface area is 273 Å². The summed E-state index contributed by atoms with van der Waals surface area (Å²) in [5.74, 6) is 0. The Morgan fingerprint density at radius 1 is 0.750 bits per heavy atom. The van der Waals surface area contributed by atoms with E-state index in [0.29, 0.717) is 5.41 Å². The fraction of sp³-hybridized carbons (Fsp3) is 0.514. The molecule has 0 bridgehead atoms. The van der Waals surface area contributed by atoms with E-state index in [9.17, 15) is 0 Å². The van der Waals surface area contributed by atoms with Crippen molar-refractivity contribution in [2.24, 2.45) is 0 Å². The van der Waals surface area contributed by atoms with Gasteiger partial charge in [0.05, 0.1) is 0 Å². The minimum atomic E-state index is 0. The summed E-state index contributed by atoms with van der Waals surface area (Å²) >= 11 is 1.69. The molecule has 3 aromatic carbocycles. The molecule has 0 N–H and O–H groups in total. The summed E-state index contributed by atoms with van der Waals surface area (Å²) in [5, 5.41) is 0. The normalized spacial score (nSPS) is 14.3. The van der Waals surface area contributed by atoms with Gasteiger partial charge in [-0.05, 0) is 17.4 Å². The fourth-order valence-corrected chi connectivity index (χ4v) is 6.18. The molecule has 0 atom stereocenters. The van der Waals surface area contributed by atoms with Gasteiger partial charge in [-0.15, -0.1) is 11.1 Å². The molecule has 0 amide bonds. The van der Waals surface area contributed by atoms with Crippen molar-refractivity contribution in [3.63, 3.8) is 0 Å². The van der Waals surface area contributed by atoms with Gasteiger partial charge in [-0.1, -0.05) is 109 Å². The minimum absolute atomic E-state index is 0. The number of aryl methyl sites for hydroxylation is 1. The van der Waals surface area contributed by atoms with Crippen LogP contribution in [0.3, 0.4) is 0 Å². The van der Waals surface area contributed by atoms with Crippen LogP contribution in [0.1, 0.15) is 128 Å². The van der Waals surface area contributed by atoms with Crippen molar-refractivity contribution in [3.8, 4) is 11.1 Å². The number of rotatable bonds is 0. The van der Waals surface area contributed by atoms with Crippen LogP contribution in [0.5, 0.6) is 0 Å². The van der Waals surface area contributed by atoms with Crippen molar-refractivity contribution in [2.45, 2.75) is 124 Å². The van der Waals surface area contributed by atoms with E-state index in [1.807, 2.05) is 0 Å². The zero-order valence-corrected chi connectivity index (χ0v) is 30.6. The monoisotopic (exact) mass is 654 g/mol. The Bertz CT molecular complexity index is 1170. The van der Waals surface area contributed by atoms with E-state index in [4.69, 9.17) is 0 Å². The van der Waals surface area contributed by atoms with E-state index in [2.05, 4.69) is 124 Å². The first kappa shape index (κ1) is 37.1. The number of fused-ring (bicyclic) bond motifs is 3. The molecule has 0 aromatic heterocycles. The molecule has 40 heavy (non-hydrogen) atoms. The third-order valence-corrected chi connectivity index (χ3v) is 9.05. The van der Waals surface area contributed by atoms with Gasteiger partial charge in [0.25, 0.3) is 0 Å². The Hall–Kier alpha value is -0.877. The summed E-state index contributed by atoms with van der Waals surface area (Å²) in [6.07, 6.45) is 8.34. The molecule has 1 saturated carbocycles. The van der Waals surface area contributed by atoms with Crippen molar-refractivity contribution in [2.75, 3.05) is 0 Å². The van der Waals surface area contributed by atoms with E-state index in [1.54, 1.807) is 27.4 Å². The molecular formula is C37H50Cl2Zr-2. The average molecular weight is 657 g/mol. The van der Waals surface area contributed by atoms with E-state index in [-0.39, 0.29) is 35.6 Å². The molecule has 1 fully saturated rings. The number of hydrogen-bond acceptors (Lipinski definition) is 0. The van der Waals surface area contributed by atoms with Crippen molar-refractivity contribution in [1.29, 1.82) is 0 Å². The summed E-state index contributed by atoms with van der Waals surface area (Å²) in [7, 11) is 0. The van der Waals surface area contributed by atoms with Crippen LogP contribution in [0.2, 0.25) is 0 Å². The first-order valence-corrected chi connectivity index (χ1v) is 15.8. The summed E-state index contributed by atoms with van der Waals surface area (Å²) in [6.45, 7) is 22.5. The second-order valence-electron chi connectivity index (χ2n) is 14.4. The zero-order chi connectivity index (χ0) is 28.3. The predicted octanol–water partition coefficient (Wildman–Crippen LogP) is 4.34. The fourth-order valence-electron chi connectivity index (χ4n) is 5.31. The maximum atomic E-state index is 3.53. The SMILES string of the molecule is CC(C)(C)c1c[c-]c2c(c1)-c1cc(C(C)(C)C)ccc1C2.Cc1ccc[c-]1C(C)(C)C.[Cl-].[Cl-].[Zr+2]=[C]1CCCCC1. The predicted molar refractivity (Wildman–Crippen MR) is 164 cm³/mol. The molecule has 5 rings (SSSR count). The van der Waals surface area contributed by atoms with Crippen LogP contribution < -0.4 is 24.8 Å². The summed E-state index contributed by atoms with van der Waals surface area (Å²) in [6, 6.07) is 21.6. The van der Waals surface area contributed by atoms with Gasteiger partial charge < -0.3 is 24.8 Å². The molecule has 0 radical (unpaired) electrons. The second-order valence-corrected chi connectivity index (χ2v) is 16.1. The van der Waals surface area contributed by atoms with E-state index < -0.39 is 0 Å². The zero-order valence-electron chi connectivity index (χ0n) is 26.6. The molecule has 3 heteroatoms. The van der Waals surface area contributed by atoms with Crippen LogP contribution >= 0.6 is 0 Å². The Morgan fingerprint density at radius 3 is 1.75 bits per heavy atom. The molecule has 3 aromatic rings. The topological polar surface area (TPSA) is 0 Å². The number of hydrogen-bond donors (Lipinski definition) is 0. The first-order chi connectivity index (χ1) is 17.6. The van der Waals surface area contributed by atoms with Gasteiger partial charge >= 0.3 is 59.5 Å². The van der Waals surface area contributed by atoms with Crippen molar-refractivity contribution in [1.82, 2.24) is 0 Å². The van der Waals surface area contributed by atoms with Crippen molar-refractivity contribution >= 4 is 3.21 Å². The molecule has 0 spiro atoms. The quantitative estimate of drug-likeness (QED) is 0.247. The van der Waals surface area contributed by atoms with E-state index in [0.717, 1.165) is 6.42 Å². The molecule has 0 aliphatic heterocycles. The average Bonchev–Trinajstić information content (AvgIpc) is 3.41. The van der Waals surface area contributed by atoms with Gasteiger partial charge in [0.2, 0.25) is 0 Å². The van der Waals surface area contributed by atoms with Gasteiger partial charge in [0.15, 0.2) is 0 Å². The van der Waals surface area contributed by atoms with Gasteiger partial charge in [-0.25, -0.2) is 12.1 Å². The van der Waals surface area contributed by atoms with Crippen LogP contribution in [-0.2, 0) is 46.9 Å². The van der Waals surface area contributed by atoms with Crippen LogP contribution in [0.4, 0.5) is 0 Å². The van der Waals surface area contributed by atoms with Crippen LogP contribution in [-0.4, -0.2) is 3.21 Å². The molecule has 0 heterocycles. The molecule has 2 aliphatic carbocycles. The standard InChI is InChI=1S/C21H25.C10H15.C6H10.2ClH.Zr/c1-20(2,3)16-9-7-14-11-15-8-10-17(21(4,5)6)13-19(15)18(14)12-16;1-8-6-5-7-9(8)10(2,3)4;1-2-4-6-5-3-1;;;/h7,9-10,12-13H,11H2,1-6H3;5-7H,1-4H3;1-5H2;2*1H;/q2*-1;;;;+2/p-2. The van der Waals surface area contributed by atoms with Crippen molar-refractivity contribution < 1.29 is 49.0 Å². The third-order valence-electron chi connectivity index (χ3n) is 7.83.